The Kier molecular flexibility index (Phi) is 4.89. The molecule has 0 N–H and O–H groups in total. The molecule has 0 aliphatic carbocycles. The lowest BCUT2D eigenvalue weighted by molar-refractivity contribution is -0.385. The molecule has 0 aromatic heterocycles. The van der Waals surface area contributed by atoms with Gasteiger partial charge in [0.25, 0.3) is 5.69 Å². The summed E-state index contributed by atoms with van der Waals surface area (Å²) in [6.45, 7) is 0. The molecule has 3 aromatic rings. The molecule has 30 heavy (non-hydrogen) atoms. The van der Waals surface area contributed by atoms with E-state index in [2.05, 4.69) is 4.99 Å². The standard InChI is InChI=1S/C22H16N2O6/c1-28-19-11-16(18(24(26)27)12-20(19)29-2)10-17-22(25)30-21(23-17)15-8-7-13-5-3-4-6-14(13)9-15/h3-12H,1-2H3/b17-10-. The van der Waals surface area contributed by atoms with Crippen LogP contribution in [0.4, 0.5) is 5.69 Å². The van der Waals surface area contributed by atoms with Crippen LogP contribution in [0.1, 0.15) is 11.1 Å². The first-order chi connectivity index (χ1) is 14.5. The van der Waals surface area contributed by atoms with Gasteiger partial charge in [-0.25, -0.2) is 9.79 Å². The smallest absolute Gasteiger partial charge is 0.363 e. The summed E-state index contributed by atoms with van der Waals surface area (Å²) >= 11 is 0. The number of nitro groups is 1. The summed E-state index contributed by atoms with van der Waals surface area (Å²) in [5.41, 5.74) is 0.483. The van der Waals surface area contributed by atoms with Crippen LogP contribution in [0.15, 0.2) is 65.3 Å². The van der Waals surface area contributed by atoms with Gasteiger partial charge in [0.2, 0.25) is 5.90 Å². The van der Waals surface area contributed by atoms with E-state index in [9.17, 15) is 14.9 Å². The Morgan fingerprint density at radius 3 is 2.40 bits per heavy atom. The van der Waals surface area contributed by atoms with Gasteiger partial charge in [0.15, 0.2) is 17.2 Å². The van der Waals surface area contributed by atoms with Crippen molar-refractivity contribution in [1.82, 2.24) is 0 Å². The molecule has 3 aromatic carbocycles. The first-order valence-electron chi connectivity index (χ1n) is 8.92. The van der Waals surface area contributed by atoms with E-state index >= 15 is 0 Å². The number of rotatable bonds is 5. The largest absolute Gasteiger partial charge is 0.493 e. The van der Waals surface area contributed by atoms with E-state index in [4.69, 9.17) is 14.2 Å². The van der Waals surface area contributed by atoms with Crippen LogP contribution in [0.25, 0.3) is 16.8 Å². The highest BCUT2D eigenvalue weighted by Gasteiger charge is 2.26. The maximum atomic E-state index is 12.4. The minimum atomic E-state index is -0.692. The second kappa shape index (κ2) is 7.67. The topological polar surface area (TPSA) is 100 Å². The fourth-order valence-corrected chi connectivity index (χ4v) is 3.16. The van der Waals surface area contributed by atoms with E-state index in [-0.39, 0.29) is 28.6 Å². The lowest BCUT2D eigenvalue weighted by atomic mass is 10.1. The Balaban J connectivity index is 1.77. The van der Waals surface area contributed by atoms with Gasteiger partial charge in [0.1, 0.15) is 0 Å². The summed E-state index contributed by atoms with van der Waals surface area (Å²) in [7, 11) is 2.80. The van der Waals surface area contributed by atoms with Crippen molar-refractivity contribution in [1.29, 1.82) is 0 Å². The Morgan fingerprint density at radius 1 is 1.00 bits per heavy atom. The van der Waals surface area contributed by atoms with Gasteiger partial charge < -0.3 is 14.2 Å². The van der Waals surface area contributed by atoms with Crippen molar-refractivity contribution in [2.24, 2.45) is 4.99 Å². The molecule has 0 atom stereocenters. The molecule has 0 radical (unpaired) electrons. The van der Waals surface area contributed by atoms with Gasteiger partial charge in [0, 0.05) is 5.56 Å². The van der Waals surface area contributed by atoms with Crippen LogP contribution in [-0.4, -0.2) is 31.0 Å². The zero-order chi connectivity index (χ0) is 21.3. The van der Waals surface area contributed by atoms with E-state index in [1.807, 2.05) is 36.4 Å². The van der Waals surface area contributed by atoms with Crippen molar-refractivity contribution in [3.8, 4) is 11.5 Å². The molecule has 8 nitrogen and oxygen atoms in total. The lowest BCUT2D eigenvalue weighted by Crippen LogP contribution is -2.05. The van der Waals surface area contributed by atoms with E-state index < -0.39 is 10.9 Å². The number of fused-ring (bicyclic) bond motifs is 1. The average molecular weight is 404 g/mol. The number of methoxy groups -OCH3 is 2. The number of nitro benzene ring substituents is 1. The molecule has 0 saturated carbocycles. The normalized spacial score (nSPS) is 14.5. The fraction of sp³-hybridized carbons (Fsp3) is 0.0909. The number of hydrogen-bond acceptors (Lipinski definition) is 7. The number of benzene rings is 3. The maximum absolute atomic E-state index is 12.4. The average Bonchev–Trinajstić information content (AvgIpc) is 3.13. The Labute approximate surface area is 171 Å². The van der Waals surface area contributed by atoms with Crippen molar-refractivity contribution >= 4 is 34.4 Å². The summed E-state index contributed by atoms with van der Waals surface area (Å²) in [5.74, 6) is -0.0527. The first-order valence-corrected chi connectivity index (χ1v) is 8.92. The van der Waals surface area contributed by atoms with Crippen molar-refractivity contribution < 1.29 is 23.9 Å². The molecular formula is C22H16N2O6. The third kappa shape index (κ3) is 3.46. The summed E-state index contributed by atoms with van der Waals surface area (Å²) in [6.07, 6.45) is 1.30. The summed E-state index contributed by atoms with van der Waals surface area (Å²) in [5, 5.41) is 13.5. The van der Waals surface area contributed by atoms with Gasteiger partial charge in [0.05, 0.1) is 30.8 Å². The Bertz CT molecular complexity index is 1250. The molecular weight excluding hydrogens is 388 g/mol. The van der Waals surface area contributed by atoms with Crippen LogP contribution in [-0.2, 0) is 9.53 Å². The third-order valence-corrected chi connectivity index (χ3v) is 4.64. The van der Waals surface area contributed by atoms with Gasteiger partial charge in [-0.2, -0.15) is 0 Å². The van der Waals surface area contributed by atoms with Gasteiger partial charge in [-0.3, -0.25) is 10.1 Å². The first kappa shape index (κ1) is 19.1. The zero-order valence-electron chi connectivity index (χ0n) is 16.1. The van der Waals surface area contributed by atoms with Gasteiger partial charge in [-0.1, -0.05) is 30.3 Å². The van der Waals surface area contributed by atoms with Gasteiger partial charge >= 0.3 is 5.97 Å². The number of cyclic esters (lactones) is 1. The van der Waals surface area contributed by atoms with E-state index in [0.717, 1.165) is 10.8 Å². The highest BCUT2D eigenvalue weighted by molar-refractivity contribution is 6.13. The SMILES string of the molecule is COc1cc(/C=C2\N=C(c3ccc4ccccc4c3)OC2=O)c([N+](=O)[O-])cc1OC. The maximum Gasteiger partial charge on any atom is 0.363 e. The van der Waals surface area contributed by atoms with Crippen molar-refractivity contribution in [2.75, 3.05) is 14.2 Å². The molecule has 1 aliphatic heterocycles. The van der Waals surface area contributed by atoms with E-state index in [1.165, 1.54) is 32.4 Å². The monoisotopic (exact) mass is 404 g/mol. The second-order valence-corrected chi connectivity index (χ2v) is 6.42. The molecule has 4 rings (SSSR count). The molecule has 1 heterocycles. The Morgan fingerprint density at radius 2 is 1.70 bits per heavy atom. The fourth-order valence-electron chi connectivity index (χ4n) is 3.16. The van der Waals surface area contributed by atoms with Crippen LogP contribution in [0.2, 0.25) is 0 Å². The molecule has 0 bridgehead atoms. The second-order valence-electron chi connectivity index (χ2n) is 6.42. The van der Waals surface area contributed by atoms with Gasteiger partial charge in [-0.15, -0.1) is 0 Å². The number of carbonyl (C=O) groups is 1. The van der Waals surface area contributed by atoms with Gasteiger partial charge in [-0.05, 0) is 35.0 Å². The number of aliphatic imine (C=N–C) groups is 1. The number of hydrogen-bond donors (Lipinski definition) is 0. The third-order valence-electron chi connectivity index (χ3n) is 4.64. The number of carbonyl (C=O) groups excluding carboxylic acids is 1. The molecule has 0 unspecified atom stereocenters. The molecule has 0 fully saturated rings. The zero-order valence-corrected chi connectivity index (χ0v) is 16.1. The lowest BCUT2D eigenvalue weighted by Gasteiger charge is -2.08. The van der Waals surface area contributed by atoms with Crippen LogP contribution in [0.5, 0.6) is 11.5 Å². The minimum absolute atomic E-state index is 0.0477. The van der Waals surface area contributed by atoms with Crippen LogP contribution in [0.3, 0.4) is 0 Å². The highest BCUT2D eigenvalue weighted by Crippen LogP contribution is 2.36. The number of nitrogens with zero attached hydrogens (tertiary/aromatic N) is 2. The summed E-state index contributed by atoms with van der Waals surface area (Å²) < 4.78 is 15.6. The predicted octanol–water partition coefficient (Wildman–Crippen LogP) is 4.11. The molecule has 0 spiro atoms. The molecule has 0 saturated heterocycles. The Hall–Kier alpha value is -4.20. The van der Waals surface area contributed by atoms with Crippen LogP contribution < -0.4 is 9.47 Å². The highest BCUT2D eigenvalue weighted by atomic mass is 16.6. The predicted molar refractivity (Wildman–Crippen MR) is 111 cm³/mol. The van der Waals surface area contributed by atoms with Crippen molar-refractivity contribution in [3.63, 3.8) is 0 Å². The molecule has 0 amide bonds. The van der Waals surface area contributed by atoms with Crippen LogP contribution >= 0.6 is 0 Å². The van der Waals surface area contributed by atoms with E-state index in [0.29, 0.717) is 11.3 Å². The van der Waals surface area contributed by atoms with Crippen LogP contribution in [0, 0.1) is 10.1 Å². The molecule has 150 valence electrons. The number of ether oxygens (including phenoxy) is 3. The van der Waals surface area contributed by atoms with Crippen molar-refractivity contribution in [2.45, 2.75) is 0 Å². The summed E-state index contributed by atoms with van der Waals surface area (Å²) in [6, 6.07) is 16.0. The summed E-state index contributed by atoms with van der Waals surface area (Å²) in [4.78, 5) is 27.5. The van der Waals surface area contributed by atoms with Crippen molar-refractivity contribution in [3.05, 3.63) is 81.5 Å². The molecule has 1 aliphatic rings. The number of esters is 1. The quantitative estimate of drug-likeness (QED) is 0.275. The molecule has 8 heteroatoms. The van der Waals surface area contributed by atoms with E-state index in [1.54, 1.807) is 6.07 Å². The minimum Gasteiger partial charge on any atom is -0.493 e.